The number of aromatic nitrogens is 2. The Bertz CT molecular complexity index is 1420. The Morgan fingerprint density at radius 1 is 0.974 bits per heavy atom. The maximum atomic E-state index is 13.2. The molecule has 0 unspecified atom stereocenters. The number of ether oxygens (including phenoxy) is 2. The summed E-state index contributed by atoms with van der Waals surface area (Å²) in [5, 5.41) is 5.92. The highest BCUT2D eigenvalue weighted by Crippen LogP contribution is 2.30. The molecule has 9 nitrogen and oxygen atoms in total. The van der Waals surface area contributed by atoms with E-state index < -0.39 is 0 Å². The van der Waals surface area contributed by atoms with E-state index in [2.05, 4.69) is 10.6 Å². The quantitative estimate of drug-likeness (QED) is 0.312. The van der Waals surface area contributed by atoms with Gasteiger partial charge in [-0.2, -0.15) is 0 Å². The summed E-state index contributed by atoms with van der Waals surface area (Å²) >= 11 is 0. The Morgan fingerprint density at radius 2 is 1.74 bits per heavy atom. The minimum Gasteiger partial charge on any atom is -0.493 e. The molecule has 0 aliphatic carbocycles. The summed E-state index contributed by atoms with van der Waals surface area (Å²) in [6, 6.07) is 18.5. The third-order valence-electron chi connectivity index (χ3n) is 6.25. The second-order valence-electron chi connectivity index (χ2n) is 8.62. The number of nitrogens with zero attached hydrogens (tertiary/aromatic N) is 3. The van der Waals surface area contributed by atoms with E-state index in [0.29, 0.717) is 53.7 Å². The number of urea groups is 1. The van der Waals surface area contributed by atoms with E-state index in [-0.39, 0.29) is 11.9 Å². The Balaban J connectivity index is 1.57. The lowest BCUT2D eigenvalue weighted by Gasteiger charge is -2.22. The summed E-state index contributed by atoms with van der Waals surface area (Å²) in [6.07, 6.45) is 3.09. The van der Waals surface area contributed by atoms with E-state index in [4.69, 9.17) is 14.5 Å². The average molecular weight is 516 g/mol. The van der Waals surface area contributed by atoms with Crippen molar-refractivity contribution >= 4 is 29.1 Å². The maximum absolute atomic E-state index is 13.2. The molecule has 0 fully saturated rings. The fraction of sp³-hybridized carbons (Fsp3) is 0.276. The molecule has 9 heteroatoms. The molecule has 0 radical (unpaired) electrons. The molecular formula is C29H33N5O4. The number of carbonyl (C=O) groups excluding carboxylic acids is 2. The summed E-state index contributed by atoms with van der Waals surface area (Å²) in [4.78, 5) is 32.7. The van der Waals surface area contributed by atoms with Crippen molar-refractivity contribution in [3.63, 3.8) is 0 Å². The van der Waals surface area contributed by atoms with Crippen molar-refractivity contribution in [3.05, 3.63) is 83.7 Å². The number of aryl methyl sites for hydroxylation is 1. The molecule has 4 rings (SSSR count). The number of fused-ring (bicyclic) bond motifs is 1. The predicted molar refractivity (Wildman–Crippen MR) is 149 cm³/mol. The highest BCUT2D eigenvalue weighted by atomic mass is 16.5. The van der Waals surface area contributed by atoms with Gasteiger partial charge in [-0.3, -0.25) is 14.1 Å². The summed E-state index contributed by atoms with van der Waals surface area (Å²) in [7, 11) is 3.10. The molecule has 3 amide bonds. The van der Waals surface area contributed by atoms with E-state index in [1.165, 1.54) is 0 Å². The fourth-order valence-corrected chi connectivity index (χ4v) is 4.30. The Hall–Kier alpha value is -4.53. The molecular weight excluding hydrogens is 482 g/mol. The van der Waals surface area contributed by atoms with Crippen LogP contribution in [0.3, 0.4) is 0 Å². The number of benzene rings is 2. The van der Waals surface area contributed by atoms with Gasteiger partial charge >= 0.3 is 6.03 Å². The van der Waals surface area contributed by atoms with Crippen molar-refractivity contribution in [2.75, 3.05) is 37.5 Å². The van der Waals surface area contributed by atoms with Gasteiger partial charge in [0.15, 0.2) is 11.5 Å². The lowest BCUT2D eigenvalue weighted by Crippen LogP contribution is -2.41. The predicted octanol–water partition coefficient (Wildman–Crippen LogP) is 4.94. The van der Waals surface area contributed by atoms with Gasteiger partial charge in [-0.05, 0) is 49.6 Å². The van der Waals surface area contributed by atoms with Crippen molar-refractivity contribution in [1.82, 2.24) is 14.7 Å². The number of imidazole rings is 1. The van der Waals surface area contributed by atoms with Crippen LogP contribution in [0, 0.1) is 0 Å². The molecule has 0 aliphatic rings. The molecule has 2 heterocycles. The van der Waals surface area contributed by atoms with Crippen molar-refractivity contribution in [3.8, 4) is 11.5 Å². The second-order valence-corrected chi connectivity index (χ2v) is 8.62. The first-order valence-electron chi connectivity index (χ1n) is 12.6. The third kappa shape index (κ3) is 5.72. The van der Waals surface area contributed by atoms with Crippen LogP contribution < -0.4 is 25.0 Å². The van der Waals surface area contributed by atoms with Crippen LogP contribution in [0.15, 0.2) is 66.9 Å². The summed E-state index contributed by atoms with van der Waals surface area (Å²) in [5.74, 6) is 1.45. The molecule has 0 saturated carbocycles. The van der Waals surface area contributed by atoms with Crippen LogP contribution in [0.2, 0.25) is 0 Å². The van der Waals surface area contributed by atoms with Gasteiger partial charge in [-0.1, -0.05) is 37.3 Å². The minimum absolute atomic E-state index is 0.208. The number of pyridine rings is 1. The van der Waals surface area contributed by atoms with Crippen molar-refractivity contribution in [2.24, 2.45) is 0 Å². The number of carbonyl (C=O) groups is 2. The lowest BCUT2D eigenvalue weighted by molar-refractivity contribution is 0.102. The Labute approximate surface area is 222 Å². The van der Waals surface area contributed by atoms with E-state index in [9.17, 15) is 9.59 Å². The molecule has 2 aromatic heterocycles. The average Bonchev–Trinajstić information content (AvgIpc) is 3.31. The Morgan fingerprint density at radius 3 is 2.42 bits per heavy atom. The highest BCUT2D eigenvalue weighted by Gasteiger charge is 2.23. The van der Waals surface area contributed by atoms with Gasteiger partial charge in [0, 0.05) is 31.0 Å². The molecule has 0 spiro atoms. The van der Waals surface area contributed by atoms with E-state index in [1.807, 2.05) is 48.6 Å². The summed E-state index contributed by atoms with van der Waals surface area (Å²) in [6.45, 7) is 4.87. The minimum atomic E-state index is -0.299. The third-order valence-corrected chi connectivity index (χ3v) is 6.25. The van der Waals surface area contributed by atoms with Crippen LogP contribution >= 0.6 is 0 Å². The zero-order valence-corrected chi connectivity index (χ0v) is 22.2. The molecule has 0 saturated heterocycles. The van der Waals surface area contributed by atoms with E-state index in [0.717, 1.165) is 17.7 Å². The van der Waals surface area contributed by atoms with Crippen molar-refractivity contribution in [1.29, 1.82) is 0 Å². The molecule has 198 valence electrons. The van der Waals surface area contributed by atoms with Gasteiger partial charge in [0.05, 0.1) is 25.5 Å². The number of rotatable bonds is 10. The molecule has 38 heavy (non-hydrogen) atoms. The number of nitrogens with one attached hydrogen (secondary N) is 2. The van der Waals surface area contributed by atoms with E-state index in [1.54, 1.807) is 55.6 Å². The van der Waals surface area contributed by atoms with Gasteiger partial charge in [0.1, 0.15) is 11.5 Å². The second kappa shape index (κ2) is 12.1. The number of hydrogen-bond acceptors (Lipinski definition) is 5. The molecule has 4 aromatic rings. The van der Waals surface area contributed by atoms with Crippen molar-refractivity contribution in [2.45, 2.75) is 26.7 Å². The highest BCUT2D eigenvalue weighted by molar-refractivity contribution is 6.04. The lowest BCUT2D eigenvalue weighted by atomic mass is 10.1. The van der Waals surface area contributed by atoms with E-state index >= 15 is 0 Å². The van der Waals surface area contributed by atoms with Gasteiger partial charge in [0.2, 0.25) is 0 Å². The van der Waals surface area contributed by atoms with Crippen LogP contribution in [0.4, 0.5) is 16.3 Å². The molecule has 0 aliphatic heterocycles. The summed E-state index contributed by atoms with van der Waals surface area (Å²) < 4.78 is 12.4. The van der Waals surface area contributed by atoms with Gasteiger partial charge < -0.3 is 20.1 Å². The Kier molecular flexibility index (Phi) is 8.47. The van der Waals surface area contributed by atoms with Gasteiger partial charge in [0.25, 0.3) is 5.91 Å². The zero-order valence-electron chi connectivity index (χ0n) is 22.2. The zero-order chi connectivity index (χ0) is 27.1. The van der Waals surface area contributed by atoms with Gasteiger partial charge in [-0.15, -0.1) is 0 Å². The van der Waals surface area contributed by atoms with Crippen LogP contribution in [0.5, 0.6) is 11.5 Å². The smallest absolute Gasteiger partial charge is 0.323 e. The molecule has 2 N–H and O–H groups in total. The fourth-order valence-electron chi connectivity index (χ4n) is 4.30. The number of anilines is 2. The number of amides is 3. The summed E-state index contributed by atoms with van der Waals surface area (Å²) in [5.41, 5.74) is 3.59. The van der Waals surface area contributed by atoms with Crippen LogP contribution in [0.25, 0.3) is 5.65 Å². The number of hydrogen-bond donors (Lipinski definition) is 2. The monoisotopic (exact) mass is 515 g/mol. The number of methoxy groups -OCH3 is 2. The molecule has 0 atom stereocenters. The standard InChI is InChI=1S/C29H33N5O4/c1-5-23-28(33(6-2)29(36)30-17-16-20-10-8-7-9-11-20)34-19-21(12-15-26(34)32-23)27(35)31-22-13-14-24(37-3)25(18-22)38-4/h7-15,18-19H,5-6,16-17H2,1-4H3,(H,30,36)(H,31,35). The first-order valence-corrected chi connectivity index (χ1v) is 12.6. The topological polar surface area (TPSA) is 97.2 Å². The molecule has 0 bridgehead atoms. The van der Waals surface area contributed by atoms with Crippen LogP contribution in [-0.2, 0) is 12.8 Å². The first kappa shape index (κ1) is 26.5. The van der Waals surface area contributed by atoms with Crippen molar-refractivity contribution < 1.29 is 19.1 Å². The largest absolute Gasteiger partial charge is 0.493 e. The normalized spacial score (nSPS) is 10.7. The SMILES string of the molecule is CCc1nc2ccc(C(=O)Nc3ccc(OC)c(OC)c3)cn2c1N(CC)C(=O)NCCc1ccccc1. The van der Waals surface area contributed by atoms with Crippen LogP contribution in [0.1, 0.15) is 35.5 Å². The maximum Gasteiger partial charge on any atom is 0.323 e. The van der Waals surface area contributed by atoms with Crippen LogP contribution in [-0.4, -0.2) is 48.6 Å². The first-order chi connectivity index (χ1) is 18.5. The van der Waals surface area contributed by atoms with Gasteiger partial charge in [-0.25, -0.2) is 9.78 Å². The molecule has 2 aromatic carbocycles.